The van der Waals surface area contributed by atoms with Crippen molar-refractivity contribution in [3.05, 3.63) is 53.9 Å². The monoisotopic (exact) mass is 446 g/mol. The van der Waals surface area contributed by atoms with Crippen molar-refractivity contribution in [1.82, 2.24) is 9.97 Å². The van der Waals surface area contributed by atoms with Crippen LogP contribution in [0.2, 0.25) is 0 Å². The molecule has 0 radical (unpaired) electrons. The Morgan fingerprint density at radius 3 is 2.68 bits per heavy atom. The van der Waals surface area contributed by atoms with Crippen LogP contribution in [0.3, 0.4) is 0 Å². The van der Waals surface area contributed by atoms with E-state index in [0.29, 0.717) is 16.6 Å². The maximum Gasteiger partial charge on any atom is 0.416 e. The van der Waals surface area contributed by atoms with Crippen molar-refractivity contribution >= 4 is 33.9 Å². The number of carbonyl (C=O) groups excluding carboxylic acids is 1. The smallest absolute Gasteiger partial charge is 0.340 e. The van der Waals surface area contributed by atoms with Gasteiger partial charge >= 0.3 is 6.18 Å². The number of amides is 1. The quantitative estimate of drug-likeness (QED) is 0.476. The van der Waals surface area contributed by atoms with Crippen molar-refractivity contribution in [3.63, 3.8) is 0 Å². The van der Waals surface area contributed by atoms with E-state index in [4.69, 9.17) is 0 Å². The van der Waals surface area contributed by atoms with Gasteiger partial charge in [0.25, 0.3) is 0 Å². The lowest BCUT2D eigenvalue weighted by molar-refractivity contribution is -0.137. The van der Waals surface area contributed by atoms with Gasteiger partial charge in [0.15, 0.2) is 5.13 Å². The van der Waals surface area contributed by atoms with Gasteiger partial charge in [0.1, 0.15) is 5.82 Å². The highest BCUT2D eigenvalue weighted by Gasteiger charge is 2.30. The van der Waals surface area contributed by atoms with Crippen LogP contribution in [0.4, 0.5) is 29.8 Å². The summed E-state index contributed by atoms with van der Waals surface area (Å²) >= 11 is 1.37. The lowest BCUT2D eigenvalue weighted by Crippen LogP contribution is -2.20. The molecule has 1 aliphatic rings. The highest BCUT2D eigenvalue weighted by Crippen LogP contribution is 2.35. The molecule has 2 aromatic heterocycles. The van der Waals surface area contributed by atoms with Gasteiger partial charge in [0.2, 0.25) is 5.91 Å². The van der Waals surface area contributed by atoms with Crippen LogP contribution in [-0.4, -0.2) is 15.9 Å². The molecule has 2 N–H and O–H groups in total. The molecule has 0 aliphatic heterocycles. The van der Waals surface area contributed by atoms with Crippen molar-refractivity contribution in [1.29, 1.82) is 0 Å². The molecule has 162 valence electrons. The van der Waals surface area contributed by atoms with E-state index in [2.05, 4.69) is 20.6 Å². The van der Waals surface area contributed by atoms with E-state index in [9.17, 15) is 18.0 Å². The van der Waals surface area contributed by atoms with Gasteiger partial charge in [-0.1, -0.05) is 30.2 Å². The highest BCUT2D eigenvalue weighted by atomic mass is 32.1. The van der Waals surface area contributed by atoms with Crippen LogP contribution in [0.1, 0.15) is 36.9 Å². The summed E-state index contributed by atoms with van der Waals surface area (Å²) in [6.07, 6.45) is 1.17. The van der Waals surface area contributed by atoms with Crippen molar-refractivity contribution < 1.29 is 18.0 Å². The number of aryl methyl sites for hydroxylation is 1. The van der Waals surface area contributed by atoms with Crippen LogP contribution < -0.4 is 10.6 Å². The molecular weight excluding hydrogens is 425 g/mol. The number of hydrogen-bond acceptors (Lipinski definition) is 5. The summed E-state index contributed by atoms with van der Waals surface area (Å²) < 4.78 is 38.8. The lowest BCUT2D eigenvalue weighted by Gasteiger charge is -2.10. The SMILES string of the molecule is Cc1nc(NC(=O)C2CCCC2)sc1-c1ccnc(Nc2cccc(C(F)(F)F)c2)c1. The first-order valence-corrected chi connectivity index (χ1v) is 10.8. The Labute approximate surface area is 181 Å². The number of pyridine rings is 1. The second-order valence-electron chi connectivity index (χ2n) is 7.54. The van der Waals surface area contributed by atoms with Crippen molar-refractivity contribution in [2.45, 2.75) is 38.8 Å². The number of hydrogen-bond donors (Lipinski definition) is 2. The van der Waals surface area contributed by atoms with E-state index in [1.807, 2.05) is 6.92 Å². The van der Waals surface area contributed by atoms with E-state index < -0.39 is 11.7 Å². The van der Waals surface area contributed by atoms with Crippen LogP contribution in [0.25, 0.3) is 10.4 Å². The predicted octanol–water partition coefficient (Wildman–Crippen LogP) is 6.40. The number of halogens is 3. The first-order chi connectivity index (χ1) is 14.8. The average molecular weight is 446 g/mol. The van der Waals surface area contributed by atoms with E-state index in [1.165, 1.54) is 17.4 Å². The van der Waals surface area contributed by atoms with Crippen LogP contribution in [0, 0.1) is 12.8 Å². The van der Waals surface area contributed by atoms with Gasteiger partial charge in [0, 0.05) is 17.8 Å². The fourth-order valence-electron chi connectivity index (χ4n) is 3.67. The average Bonchev–Trinajstić information content (AvgIpc) is 3.38. The van der Waals surface area contributed by atoms with E-state index in [-0.39, 0.29) is 11.8 Å². The van der Waals surface area contributed by atoms with E-state index >= 15 is 0 Å². The molecule has 0 unspecified atom stereocenters. The van der Waals surface area contributed by atoms with Gasteiger partial charge in [-0.2, -0.15) is 13.2 Å². The zero-order valence-electron chi connectivity index (χ0n) is 16.8. The standard InChI is InChI=1S/C22H21F3N4OS/c1-13-19(31-21(27-13)29-20(30)14-5-2-3-6-14)15-9-10-26-18(11-15)28-17-8-4-7-16(12-17)22(23,24)25/h4,7-12,14H,2-3,5-6H2,1H3,(H,26,28)(H,27,29,30). The molecule has 0 saturated heterocycles. The Balaban J connectivity index is 1.52. The van der Waals surface area contributed by atoms with Crippen LogP contribution in [0.5, 0.6) is 0 Å². The molecule has 4 rings (SSSR count). The number of aromatic nitrogens is 2. The molecule has 1 saturated carbocycles. The van der Waals surface area contributed by atoms with Crippen molar-refractivity contribution in [3.8, 4) is 10.4 Å². The minimum atomic E-state index is -4.41. The van der Waals surface area contributed by atoms with Crippen LogP contribution >= 0.6 is 11.3 Å². The number of alkyl halides is 3. The summed E-state index contributed by atoms with van der Waals surface area (Å²) in [4.78, 5) is 21.9. The number of nitrogens with one attached hydrogen (secondary N) is 2. The summed E-state index contributed by atoms with van der Waals surface area (Å²) in [5, 5.41) is 6.40. The number of thiazole rings is 1. The third-order valence-corrected chi connectivity index (χ3v) is 6.36. The first kappa shape index (κ1) is 21.3. The highest BCUT2D eigenvalue weighted by molar-refractivity contribution is 7.19. The number of carbonyl (C=O) groups is 1. The molecule has 1 fully saturated rings. The molecule has 2 heterocycles. The molecule has 0 atom stereocenters. The molecule has 1 amide bonds. The molecule has 0 spiro atoms. The summed E-state index contributed by atoms with van der Waals surface area (Å²) in [5.41, 5.74) is 1.16. The minimum absolute atomic E-state index is 0.0134. The topological polar surface area (TPSA) is 66.9 Å². The van der Waals surface area contributed by atoms with Gasteiger partial charge < -0.3 is 10.6 Å². The zero-order chi connectivity index (χ0) is 22.0. The van der Waals surface area contributed by atoms with Crippen molar-refractivity contribution in [2.75, 3.05) is 10.6 Å². The van der Waals surface area contributed by atoms with Gasteiger partial charge in [-0.25, -0.2) is 9.97 Å². The Morgan fingerprint density at radius 1 is 1.16 bits per heavy atom. The lowest BCUT2D eigenvalue weighted by atomic mass is 10.1. The molecule has 5 nitrogen and oxygen atoms in total. The Morgan fingerprint density at radius 2 is 1.94 bits per heavy atom. The third kappa shape index (κ3) is 5.04. The number of rotatable bonds is 5. The second kappa shape index (κ2) is 8.66. The zero-order valence-corrected chi connectivity index (χ0v) is 17.6. The summed E-state index contributed by atoms with van der Waals surface area (Å²) in [7, 11) is 0. The van der Waals surface area contributed by atoms with Crippen LogP contribution in [-0.2, 0) is 11.0 Å². The van der Waals surface area contributed by atoms with E-state index in [0.717, 1.165) is 54.0 Å². The molecule has 9 heteroatoms. The second-order valence-corrected chi connectivity index (χ2v) is 8.54. The third-order valence-electron chi connectivity index (χ3n) is 5.24. The van der Waals surface area contributed by atoms with Crippen molar-refractivity contribution in [2.24, 2.45) is 5.92 Å². The molecule has 0 bridgehead atoms. The number of benzene rings is 1. The van der Waals surface area contributed by atoms with Gasteiger partial charge in [-0.05, 0) is 55.7 Å². The Bertz CT molecular complexity index is 1090. The fraction of sp³-hybridized carbons (Fsp3) is 0.318. The Hall–Kier alpha value is -2.94. The van der Waals surface area contributed by atoms with Crippen LogP contribution in [0.15, 0.2) is 42.6 Å². The summed E-state index contributed by atoms with van der Waals surface area (Å²) in [6, 6.07) is 8.53. The summed E-state index contributed by atoms with van der Waals surface area (Å²) in [5.74, 6) is 0.484. The molecule has 1 aromatic carbocycles. The minimum Gasteiger partial charge on any atom is -0.340 e. The predicted molar refractivity (Wildman–Crippen MR) is 115 cm³/mol. The maximum atomic E-state index is 12.9. The van der Waals surface area contributed by atoms with Gasteiger partial charge in [-0.15, -0.1) is 0 Å². The molecule has 1 aliphatic carbocycles. The Kier molecular flexibility index (Phi) is 5.95. The normalized spacial score (nSPS) is 14.6. The molecule has 3 aromatic rings. The summed E-state index contributed by atoms with van der Waals surface area (Å²) in [6.45, 7) is 1.86. The largest absolute Gasteiger partial charge is 0.416 e. The fourth-order valence-corrected chi connectivity index (χ4v) is 4.64. The maximum absolute atomic E-state index is 12.9. The molecule has 31 heavy (non-hydrogen) atoms. The number of anilines is 3. The van der Waals surface area contributed by atoms with E-state index in [1.54, 1.807) is 24.4 Å². The first-order valence-electron chi connectivity index (χ1n) is 9.98. The van der Waals surface area contributed by atoms with Gasteiger partial charge in [-0.3, -0.25) is 4.79 Å². The number of nitrogens with zero attached hydrogens (tertiary/aromatic N) is 2. The van der Waals surface area contributed by atoms with Gasteiger partial charge in [0.05, 0.1) is 16.1 Å². The molecular formula is C22H21F3N4OS.